The molecule has 0 radical (unpaired) electrons. The molecule has 2 aromatic heterocycles. The summed E-state index contributed by atoms with van der Waals surface area (Å²) in [5.74, 6) is 0. The molecule has 86 valence electrons. The van der Waals surface area contributed by atoms with Crippen LogP contribution in [0.1, 0.15) is 11.4 Å². The molecule has 0 amide bonds. The predicted octanol–water partition coefficient (Wildman–Crippen LogP) is 1.96. The minimum atomic E-state index is 0.641. The summed E-state index contributed by atoms with van der Waals surface area (Å²) in [6, 6.07) is 7.89. The van der Waals surface area contributed by atoms with Crippen molar-refractivity contribution in [3.63, 3.8) is 0 Å². The zero-order valence-corrected chi connectivity index (χ0v) is 9.42. The second-order valence-electron chi connectivity index (χ2n) is 4.02. The third-order valence-corrected chi connectivity index (χ3v) is 2.91. The summed E-state index contributed by atoms with van der Waals surface area (Å²) in [6.07, 6.45) is 2.00. The van der Waals surface area contributed by atoms with E-state index in [-0.39, 0.29) is 0 Å². The first-order valence-electron chi connectivity index (χ1n) is 5.37. The van der Waals surface area contributed by atoms with Crippen LogP contribution in [0.4, 0.5) is 5.69 Å². The maximum Gasteiger partial charge on any atom is 0.127 e. The molecule has 0 aliphatic carbocycles. The standard InChI is InChI=1S/C12H12N4O/c1-8-11(15-17-14-8)7-16-6-5-9-10(13)3-2-4-12(9)16/h2-6H,7,13H2,1H3. The molecule has 0 saturated carbocycles. The van der Waals surface area contributed by atoms with Gasteiger partial charge in [0.15, 0.2) is 0 Å². The average molecular weight is 228 g/mol. The van der Waals surface area contributed by atoms with Gasteiger partial charge in [0, 0.05) is 17.3 Å². The highest BCUT2D eigenvalue weighted by atomic mass is 16.6. The summed E-state index contributed by atoms with van der Waals surface area (Å²) in [5, 5.41) is 8.71. The number of hydrogen-bond acceptors (Lipinski definition) is 4. The van der Waals surface area contributed by atoms with Gasteiger partial charge in [-0.1, -0.05) is 16.4 Å². The Kier molecular flexibility index (Phi) is 2.11. The lowest BCUT2D eigenvalue weighted by Gasteiger charge is -2.03. The van der Waals surface area contributed by atoms with Crippen LogP contribution in [0.2, 0.25) is 0 Å². The average Bonchev–Trinajstić information content (AvgIpc) is 2.89. The van der Waals surface area contributed by atoms with Crippen LogP contribution in [0.15, 0.2) is 35.1 Å². The molecule has 0 saturated heterocycles. The first kappa shape index (κ1) is 9.89. The van der Waals surface area contributed by atoms with E-state index in [1.165, 1.54) is 0 Å². The van der Waals surface area contributed by atoms with Crippen LogP contribution >= 0.6 is 0 Å². The summed E-state index contributed by atoms with van der Waals surface area (Å²) in [6.45, 7) is 2.52. The molecule has 0 atom stereocenters. The highest BCUT2D eigenvalue weighted by Crippen LogP contribution is 2.22. The number of aryl methyl sites for hydroxylation is 1. The monoisotopic (exact) mass is 228 g/mol. The van der Waals surface area contributed by atoms with Crippen molar-refractivity contribution in [2.24, 2.45) is 0 Å². The highest BCUT2D eigenvalue weighted by molar-refractivity contribution is 5.91. The highest BCUT2D eigenvalue weighted by Gasteiger charge is 2.08. The molecule has 17 heavy (non-hydrogen) atoms. The Balaban J connectivity index is 2.07. The van der Waals surface area contributed by atoms with Gasteiger partial charge in [-0.25, -0.2) is 4.63 Å². The molecule has 5 heteroatoms. The van der Waals surface area contributed by atoms with Gasteiger partial charge in [-0.2, -0.15) is 0 Å². The van der Waals surface area contributed by atoms with Crippen LogP contribution in [0, 0.1) is 6.92 Å². The first-order valence-corrected chi connectivity index (χ1v) is 5.37. The third kappa shape index (κ3) is 1.56. The summed E-state index contributed by atoms with van der Waals surface area (Å²) < 4.78 is 6.77. The maximum atomic E-state index is 5.91. The fourth-order valence-corrected chi connectivity index (χ4v) is 1.94. The van der Waals surface area contributed by atoms with Gasteiger partial charge in [-0.15, -0.1) is 0 Å². The minimum absolute atomic E-state index is 0.641. The molecule has 0 fully saturated rings. The molecule has 0 bridgehead atoms. The molecule has 0 spiro atoms. The fourth-order valence-electron chi connectivity index (χ4n) is 1.94. The minimum Gasteiger partial charge on any atom is -0.398 e. The topological polar surface area (TPSA) is 69.9 Å². The maximum absolute atomic E-state index is 5.91. The number of anilines is 1. The van der Waals surface area contributed by atoms with E-state index in [2.05, 4.69) is 14.9 Å². The van der Waals surface area contributed by atoms with Gasteiger partial charge in [0.2, 0.25) is 0 Å². The van der Waals surface area contributed by atoms with Crippen molar-refractivity contribution in [3.05, 3.63) is 41.9 Å². The van der Waals surface area contributed by atoms with E-state index in [0.29, 0.717) is 6.54 Å². The Labute approximate surface area is 97.8 Å². The summed E-state index contributed by atoms with van der Waals surface area (Å²) in [7, 11) is 0. The molecule has 0 aliphatic rings. The van der Waals surface area contributed by atoms with Crippen LogP contribution in [-0.4, -0.2) is 14.9 Å². The summed E-state index contributed by atoms with van der Waals surface area (Å²) in [5.41, 5.74) is 9.44. The quantitative estimate of drug-likeness (QED) is 0.681. The lowest BCUT2D eigenvalue weighted by atomic mass is 10.2. The number of aromatic nitrogens is 3. The van der Waals surface area contributed by atoms with Gasteiger partial charge in [0.1, 0.15) is 11.4 Å². The molecular weight excluding hydrogens is 216 g/mol. The Morgan fingerprint density at radius 3 is 2.94 bits per heavy atom. The summed E-state index contributed by atoms with van der Waals surface area (Å²) >= 11 is 0. The van der Waals surface area contributed by atoms with Crippen LogP contribution in [-0.2, 0) is 6.54 Å². The van der Waals surface area contributed by atoms with Crippen molar-refractivity contribution in [2.45, 2.75) is 13.5 Å². The fraction of sp³-hybridized carbons (Fsp3) is 0.167. The Hall–Kier alpha value is -2.30. The molecule has 3 rings (SSSR count). The van der Waals surface area contributed by atoms with Gasteiger partial charge < -0.3 is 10.3 Å². The molecular formula is C12H12N4O. The van der Waals surface area contributed by atoms with Gasteiger partial charge >= 0.3 is 0 Å². The van der Waals surface area contributed by atoms with E-state index in [4.69, 9.17) is 10.4 Å². The van der Waals surface area contributed by atoms with E-state index in [1.807, 2.05) is 37.4 Å². The number of benzene rings is 1. The summed E-state index contributed by atoms with van der Waals surface area (Å²) in [4.78, 5) is 0. The zero-order valence-electron chi connectivity index (χ0n) is 9.42. The second-order valence-corrected chi connectivity index (χ2v) is 4.02. The Morgan fingerprint density at radius 2 is 2.18 bits per heavy atom. The van der Waals surface area contributed by atoms with Crippen molar-refractivity contribution >= 4 is 16.6 Å². The molecule has 1 aromatic carbocycles. The van der Waals surface area contributed by atoms with E-state index < -0.39 is 0 Å². The number of hydrogen-bond donors (Lipinski definition) is 1. The van der Waals surface area contributed by atoms with Gasteiger partial charge in [0.25, 0.3) is 0 Å². The number of nitrogens with two attached hydrogens (primary N) is 1. The van der Waals surface area contributed by atoms with Crippen molar-refractivity contribution in [3.8, 4) is 0 Å². The lowest BCUT2D eigenvalue weighted by molar-refractivity contribution is 0.300. The van der Waals surface area contributed by atoms with Crippen LogP contribution < -0.4 is 5.73 Å². The number of nitrogens with zero attached hydrogens (tertiary/aromatic N) is 3. The molecule has 3 aromatic rings. The van der Waals surface area contributed by atoms with Crippen molar-refractivity contribution in [2.75, 3.05) is 5.73 Å². The van der Waals surface area contributed by atoms with Crippen molar-refractivity contribution < 1.29 is 4.63 Å². The number of rotatable bonds is 2. The van der Waals surface area contributed by atoms with Crippen LogP contribution in [0.5, 0.6) is 0 Å². The first-order chi connectivity index (χ1) is 8.25. The van der Waals surface area contributed by atoms with E-state index >= 15 is 0 Å². The van der Waals surface area contributed by atoms with Crippen LogP contribution in [0.3, 0.4) is 0 Å². The smallest absolute Gasteiger partial charge is 0.127 e. The number of fused-ring (bicyclic) bond motifs is 1. The normalized spacial score (nSPS) is 11.1. The van der Waals surface area contributed by atoms with Crippen molar-refractivity contribution in [1.29, 1.82) is 0 Å². The molecule has 2 heterocycles. The predicted molar refractivity (Wildman–Crippen MR) is 64.5 cm³/mol. The molecule has 5 nitrogen and oxygen atoms in total. The van der Waals surface area contributed by atoms with Crippen molar-refractivity contribution in [1.82, 2.24) is 14.9 Å². The van der Waals surface area contributed by atoms with Gasteiger partial charge in [-0.3, -0.25) is 0 Å². The van der Waals surface area contributed by atoms with Gasteiger partial charge in [0.05, 0.1) is 12.1 Å². The van der Waals surface area contributed by atoms with E-state index in [0.717, 1.165) is 28.0 Å². The number of nitrogen functional groups attached to an aromatic ring is 1. The Bertz CT molecular complexity index is 668. The molecule has 0 unspecified atom stereocenters. The van der Waals surface area contributed by atoms with Crippen LogP contribution in [0.25, 0.3) is 10.9 Å². The van der Waals surface area contributed by atoms with Gasteiger partial charge in [-0.05, 0) is 25.1 Å². The van der Waals surface area contributed by atoms with E-state index in [1.54, 1.807) is 0 Å². The molecule has 2 N–H and O–H groups in total. The second kappa shape index (κ2) is 3.62. The Morgan fingerprint density at radius 1 is 1.29 bits per heavy atom. The molecule has 0 aliphatic heterocycles. The van der Waals surface area contributed by atoms with E-state index in [9.17, 15) is 0 Å². The lowest BCUT2D eigenvalue weighted by Crippen LogP contribution is -2.00. The largest absolute Gasteiger partial charge is 0.398 e. The third-order valence-electron chi connectivity index (χ3n) is 2.91. The SMILES string of the molecule is Cc1nonc1Cn1ccc2c(N)cccc21. The zero-order chi connectivity index (χ0) is 11.8.